The van der Waals surface area contributed by atoms with Gasteiger partial charge < -0.3 is 14.6 Å². The predicted octanol–water partition coefficient (Wildman–Crippen LogP) is 4.96. The van der Waals surface area contributed by atoms with Crippen LogP contribution in [-0.4, -0.2) is 40.6 Å². The van der Waals surface area contributed by atoms with Gasteiger partial charge in [-0.25, -0.2) is 4.39 Å². The van der Waals surface area contributed by atoms with E-state index in [0.717, 1.165) is 16.8 Å². The Hall–Kier alpha value is -3.78. The van der Waals surface area contributed by atoms with Crippen molar-refractivity contribution in [3.8, 4) is 11.4 Å². The Morgan fingerprint density at radius 3 is 2.59 bits per heavy atom. The Kier molecular flexibility index (Phi) is 6.61. The Morgan fingerprint density at radius 2 is 1.85 bits per heavy atom. The molecule has 0 bridgehead atoms. The van der Waals surface area contributed by atoms with Crippen LogP contribution in [0, 0.1) is 24.4 Å². The monoisotopic (exact) mass is 477 g/mol. The van der Waals surface area contributed by atoms with Gasteiger partial charge in [0.1, 0.15) is 18.2 Å². The fourth-order valence-corrected chi connectivity index (χ4v) is 3.99. The van der Waals surface area contributed by atoms with Crippen LogP contribution in [-0.2, 0) is 0 Å². The Bertz CT molecular complexity index is 1490. The lowest BCUT2D eigenvalue weighted by molar-refractivity contribution is 0.0774. The van der Waals surface area contributed by atoms with E-state index in [4.69, 9.17) is 17.0 Å². The molecule has 0 unspecified atom stereocenters. The number of aryl methyl sites for hydroxylation is 1. The number of aromatic nitrogens is 2. The molecule has 1 aromatic heterocycles. The van der Waals surface area contributed by atoms with Crippen molar-refractivity contribution in [2.45, 2.75) is 13.8 Å². The van der Waals surface area contributed by atoms with Gasteiger partial charge in [-0.3, -0.25) is 14.2 Å². The molecule has 0 atom stereocenters. The highest BCUT2D eigenvalue weighted by atomic mass is 32.1. The van der Waals surface area contributed by atoms with E-state index in [0.29, 0.717) is 28.8 Å². The van der Waals surface area contributed by atoms with Crippen LogP contribution < -0.4 is 10.3 Å². The minimum absolute atomic E-state index is 0.220. The zero-order chi connectivity index (χ0) is 24.4. The number of H-pyrrole nitrogens is 1. The van der Waals surface area contributed by atoms with Crippen LogP contribution >= 0.6 is 12.2 Å². The molecule has 1 N–H and O–H groups in total. The maximum Gasteiger partial charge on any atom is 0.266 e. The standard InChI is InChI=1S/C26H24FN3O3S/c1-16-5-4-6-23(17(16)2)30-25(32)21-12-7-18(15-22(21)28-26(30)34)24(31)29(3)13-14-33-20-10-8-19(27)9-11-20/h4-12,15H,13-14H2,1-3H3,(H,28,34). The number of ether oxygens (including phenoxy) is 1. The summed E-state index contributed by atoms with van der Waals surface area (Å²) in [7, 11) is 1.67. The first-order valence-electron chi connectivity index (χ1n) is 10.8. The number of likely N-dealkylation sites (N-methyl/N-ethyl adjacent to an activating group) is 1. The van der Waals surface area contributed by atoms with E-state index in [1.807, 2.05) is 32.0 Å². The summed E-state index contributed by atoms with van der Waals surface area (Å²) in [6.07, 6.45) is 0. The van der Waals surface area contributed by atoms with Crippen LogP contribution in [0.1, 0.15) is 21.5 Å². The molecule has 4 rings (SSSR count). The number of carbonyl (C=O) groups is 1. The van der Waals surface area contributed by atoms with Crippen LogP contribution in [0.25, 0.3) is 16.6 Å². The van der Waals surface area contributed by atoms with E-state index >= 15 is 0 Å². The minimum atomic E-state index is -0.337. The topological polar surface area (TPSA) is 67.3 Å². The van der Waals surface area contributed by atoms with E-state index in [1.54, 1.807) is 25.2 Å². The Morgan fingerprint density at radius 1 is 1.12 bits per heavy atom. The first-order chi connectivity index (χ1) is 16.3. The predicted molar refractivity (Wildman–Crippen MR) is 133 cm³/mol. The first kappa shape index (κ1) is 23.4. The van der Waals surface area contributed by atoms with Crippen LogP contribution in [0.15, 0.2) is 65.5 Å². The van der Waals surface area contributed by atoms with Gasteiger partial charge in [-0.05, 0) is 85.7 Å². The summed E-state index contributed by atoms with van der Waals surface area (Å²) in [5.74, 6) is -0.0287. The van der Waals surface area contributed by atoms with Crippen molar-refractivity contribution in [3.63, 3.8) is 0 Å². The molecule has 1 amide bonds. The number of aromatic amines is 1. The molecule has 3 aromatic carbocycles. The number of rotatable bonds is 6. The number of halogens is 1. The van der Waals surface area contributed by atoms with Crippen LogP contribution in [0.4, 0.5) is 4.39 Å². The molecule has 1 heterocycles. The minimum Gasteiger partial charge on any atom is -0.492 e. The summed E-state index contributed by atoms with van der Waals surface area (Å²) in [5, 5.41) is 0.438. The first-order valence-corrected chi connectivity index (χ1v) is 11.2. The molecule has 4 aromatic rings. The molecule has 6 nitrogen and oxygen atoms in total. The van der Waals surface area contributed by atoms with E-state index in [-0.39, 0.29) is 28.7 Å². The maximum atomic E-state index is 13.3. The lowest BCUT2D eigenvalue weighted by atomic mass is 10.1. The molecule has 0 radical (unpaired) electrons. The molecule has 0 fully saturated rings. The highest BCUT2D eigenvalue weighted by molar-refractivity contribution is 7.71. The van der Waals surface area contributed by atoms with Gasteiger partial charge in [0, 0.05) is 12.6 Å². The molecule has 0 spiro atoms. The number of carbonyl (C=O) groups excluding carboxylic acids is 1. The summed E-state index contributed by atoms with van der Waals surface area (Å²) in [4.78, 5) is 30.8. The molecule has 0 saturated heterocycles. The number of hydrogen-bond donors (Lipinski definition) is 1. The molecule has 0 aliphatic rings. The normalized spacial score (nSPS) is 10.9. The second-order valence-electron chi connectivity index (χ2n) is 8.08. The van der Waals surface area contributed by atoms with Crippen LogP contribution in [0.2, 0.25) is 0 Å². The van der Waals surface area contributed by atoms with Crippen molar-refractivity contribution < 1.29 is 13.9 Å². The van der Waals surface area contributed by atoms with Crippen molar-refractivity contribution in [2.24, 2.45) is 0 Å². The molecule has 174 valence electrons. The van der Waals surface area contributed by atoms with Gasteiger partial charge in [0.05, 0.1) is 23.1 Å². The average Bonchev–Trinajstić information content (AvgIpc) is 2.82. The van der Waals surface area contributed by atoms with E-state index < -0.39 is 0 Å². The third kappa shape index (κ3) is 4.63. The maximum absolute atomic E-state index is 13.3. The fourth-order valence-electron chi connectivity index (χ4n) is 3.70. The number of fused-ring (bicyclic) bond motifs is 1. The summed E-state index contributed by atoms with van der Waals surface area (Å²) in [6.45, 7) is 4.52. The van der Waals surface area contributed by atoms with Gasteiger partial charge >= 0.3 is 0 Å². The van der Waals surface area contributed by atoms with Gasteiger partial charge in [-0.15, -0.1) is 0 Å². The van der Waals surface area contributed by atoms with E-state index in [2.05, 4.69) is 4.98 Å². The van der Waals surface area contributed by atoms with Crippen molar-refractivity contribution in [3.05, 3.63) is 98.3 Å². The van der Waals surface area contributed by atoms with Crippen LogP contribution in [0.3, 0.4) is 0 Å². The molecule has 0 aliphatic heterocycles. The zero-order valence-electron chi connectivity index (χ0n) is 19.1. The van der Waals surface area contributed by atoms with Gasteiger partial charge in [0.15, 0.2) is 4.77 Å². The summed E-state index contributed by atoms with van der Waals surface area (Å²) >= 11 is 5.50. The molecular weight excluding hydrogens is 453 g/mol. The summed E-state index contributed by atoms with van der Waals surface area (Å²) in [5.41, 5.74) is 3.44. The molecule has 0 aliphatic carbocycles. The lowest BCUT2D eigenvalue weighted by Gasteiger charge is -2.18. The van der Waals surface area contributed by atoms with Crippen LogP contribution in [0.5, 0.6) is 5.75 Å². The third-order valence-corrected chi connectivity index (χ3v) is 6.10. The van der Waals surface area contributed by atoms with Crippen molar-refractivity contribution >= 4 is 29.0 Å². The number of nitrogens with zero attached hydrogens (tertiary/aromatic N) is 2. The number of amides is 1. The SMILES string of the molecule is Cc1cccc(-n2c(=S)[nH]c3cc(C(=O)N(C)CCOc4ccc(F)cc4)ccc3c2=O)c1C. The summed E-state index contributed by atoms with van der Waals surface area (Å²) in [6, 6.07) is 16.3. The van der Waals surface area contributed by atoms with Gasteiger partial charge in [0.25, 0.3) is 11.5 Å². The number of nitrogens with one attached hydrogen (secondary N) is 1. The molecule has 34 heavy (non-hydrogen) atoms. The molecule has 8 heteroatoms. The van der Waals surface area contributed by atoms with Crippen molar-refractivity contribution in [2.75, 3.05) is 20.2 Å². The smallest absolute Gasteiger partial charge is 0.266 e. The van der Waals surface area contributed by atoms with E-state index in [1.165, 1.54) is 33.7 Å². The molecular formula is C26H24FN3O3S. The quantitative estimate of drug-likeness (QED) is 0.399. The second kappa shape index (κ2) is 9.61. The highest BCUT2D eigenvalue weighted by Crippen LogP contribution is 2.19. The third-order valence-electron chi connectivity index (χ3n) is 5.82. The van der Waals surface area contributed by atoms with Gasteiger partial charge in [0.2, 0.25) is 0 Å². The highest BCUT2D eigenvalue weighted by Gasteiger charge is 2.15. The lowest BCUT2D eigenvalue weighted by Crippen LogP contribution is -2.31. The average molecular weight is 478 g/mol. The Labute approximate surface area is 201 Å². The van der Waals surface area contributed by atoms with E-state index in [9.17, 15) is 14.0 Å². The Balaban J connectivity index is 1.56. The number of hydrogen-bond acceptors (Lipinski definition) is 4. The van der Waals surface area contributed by atoms with Crippen molar-refractivity contribution in [1.29, 1.82) is 0 Å². The molecule has 0 saturated carbocycles. The zero-order valence-corrected chi connectivity index (χ0v) is 19.9. The largest absolute Gasteiger partial charge is 0.492 e. The van der Waals surface area contributed by atoms with Crippen molar-refractivity contribution in [1.82, 2.24) is 14.5 Å². The number of benzene rings is 3. The summed E-state index contributed by atoms with van der Waals surface area (Å²) < 4.78 is 20.3. The second-order valence-corrected chi connectivity index (χ2v) is 8.47. The van der Waals surface area contributed by atoms with Gasteiger partial charge in [-0.1, -0.05) is 12.1 Å². The van der Waals surface area contributed by atoms with Gasteiger partial charge in [-0.2, -0.15) is 0 Å². The fraction of sp³-hybridized carbons (Fsp3) is 0.192.